The molecule has 0 saturated carbocycles. The van der Waals surface area contributed by atoms with E-state index >= 15 is 0 Å². The van der Waals surface area contributed by atoms with Gasteiger partial charge in [-0.3, -0.25) is 0 Å². The maximum Gasteiger partial charge on any atom is 0.333 e. The molecule has 0 atom stereocenters. The summed E-state index contributed by atoms with van der Waals surface area (Å²) in [7, 11) is 0. The molecule has 2 heteroatoms. The van der Waals surface area contributed by atoms with Crippen molar-refractivity contribution < 1.29 is 9.53 Å². The molecule has 0 aliphatic heterocycles. The van der Waals surface area contributed by atoms with Gasteiger partial charge in [0, 0.05) is 5.57 Å². The van der Waals surface area contributed by atoms with Crippen molar-refractivity contribution in [2.75, 3.05) is 6.61 Å². The predicted molar refractivity (Wildman–Crippen MR) is 63.7 cm³/mol. The minimum absolute atomic E-state index is 0.216. The molecule has 15 heavy (non-hydrogen) atoms. The van der Waals surface area contributed by atoms with E-state index in [0.29, 0.717) is 18.1 Å². The molecule has 0 spiro atoms. The van der Waals surface area contributed by atoms with Gasteiger partial charge in [0.05, 0.1) is 6.61 Å². The van der Waals surface area contributed by atoms with Gasteiger partial charge in [0.15, 0.2) is 0 Å². The standard InChI is InChI=1S/C13H24O2/c1-5-6-9-12(4)13(14)15-10-7-8-11(2)3/h11H,4-10H2,1-3H3. The molecule has 0 heterocycles. The summed E-state index contributed by atoms with van der Waals surface area (Å²) in [5.74, 6) is 0.458. The Kier molecular flexibility index (Phi) is 8.06. The molecule has 0 aliphatic rings. The molecule has 0 saturated heterocycles. The van der Waals surface area contributed by atoms with E-state index in [-0.39, 0.29) is 5.97 Å². The van der Waals surface area contributed by atoms with Crippen LogP contribution in [0, 0.1) is 5.92 Å². The van der Waals surface area contributed by atoms with Crippen LogP contribution in [-0.4, -0.2) is 12.6 Å². The topological polar surface area (TPSA) is 26.3 Å². The quantitative estimate of drug-likeness (QED) is 0.348. The Morgan fingerprint density at radius 3 is 2.53 bits per heavy atom. The third kappa shape index (κ3) is 8.22. The van der Waals surface area contributed by atoms with Crippen molar-refractivity contribution in [1.29, 1.82) is 0 Å². The first-order valence-electron chi connectivity index (χ1n) is 5.92. The Labute approximate surface area is 93.7 Å². The zero-order valence-electron chi connectivity index (χ0n) is 10.3. The Morgan fingerprint density at radius 2 is 2.00 bits per heavy atom. The zero-order chi connectivity index (χ0) is 11.7. The second-order valence-corrected chi connectivity index (χ2v) is 4.38. The summed E-state index contributed by atoms with van der Waals surface area (Å²) < 4.78 is 5.11. The highest BCUT2D eigenvalue weighted by Gasteiger charge is 2.07. The van der Waals surface area contributed by atoms with E-state index in [0.717, 1.165) is 32.1 Å². The smallest absolute Gasteiger partial charge is 0.333 e. The fraction of sp³-hybridized carbons (Fsp3) is 0.769. The van der Waals surface area contributed by atoms with Crippen molar-refractivity contribution in [2.45, 2.75) is 52.9 Å². The fourth-order valence-corrected chi connectivity index (χ4v) is 1.25. The molecule has 0 rings (SSSR count). The number of hydrogen-bond donors (Lipinski definition) is 0. The number of carbonyl (C=O) groups excluding carboxylic acids is 1. The van der Waals surface area contributed by atoms with E-state index in [9.17, 15) is 4.79 Å². The Bertz CT molecular complexity index is 195. The second kappa shape index (κ2) is 8.51. The first-order chi connectivity index (χ1) is 7.07. The summed E-state index contributed by atoms with van der Waals surface area (Å²) in [5.41, 5.74) is 0.612. The van der Waals surface area contributed by atoms with Gasteiger partial charge >= 0.3 is 5.97 Å². The molecule has 0 aromatic carbocycles. The van der Waals surface area contributed by atoms with Crippen molar-refractivity contribution in [1.82, 2.24) is 0 Å². The zero-order valence-corrected chi connectivity index (χ0v) is 10.3. The molecule has 88 valence electrons. The average Bonchev–Trinajstić information content (AvgIpc) is 2.20. The van der Waals surface area contributed by atoms with Gasteiger partial charge in [0.1, 0.15) is 0 Å². The van der Waals surface area contributed by atoms with Crippen LogP contribution in [0.1, 0.15) is 52.9 Å². The first-order valence-corrected chi connectivity index (χ1v) is 5.92. The maximum atomic E-state index is 11.4. The lowest BCUT2D eigenvalue weighted by Crippen LogP contribution is -2.08. The summed E-state index contributed by atoms with van der Waals surface area (Å²) in [6.45, 7) is 10.7. The molecule has 0 aromatic heterocycles. The van der Waals surface area contributed by atoms with E-state index in [4.69, 9.17) is 4.74 Å². The van der Waals surface area contributed by atoms with Crippen LogP contribution >= 0.6 is 0 Å². The van der Waals surface area contributed by atoms with Crippen molar-refractivity contribution in [3.05, 3.63) is 12.2 Å². The van der Waals surface area contributed by atoms with E-state index in [2.05, 4.69) is 27.4 Å². The molecule has 0 N–H and O–H groups in total. The van der Waals surface area contributed by atoms with Crippen LogP contribution in [0.15, 0.2) is 12.2 Å². The molecular formula is C13H24O2. The molecule has 0 aliphatic carbocycles. The van der Waals surface area contributed by atoms with Crippen LogP contribution in [0.25, 0.3) is 0 Å². The third-order valence-electron chi connectivity index (χ3n) is 2.28. The molecule has 0 bridgehead atoms. The van der Waals surface area contributed by atoms with E-state index in [1.54, 1.807) is 0 Å². The van der Waals surface area contributed by atoms with Crippen LogP contribution in [0.3, 0.4) is 0 Å². The lowest BCUT2D eigenvalue weighted by atomic mass is 10.1. The van der Waals surface area contributed by atoms with Crippen molar-refractivity contribution in [2.24, 2.45) is 5.92 Å². The van der Waals surface area contributed by atoms with Crippen molar-refractivity contribution >= 4 is 5.97 Å². The molecule has 0 unspecified atom stereocenters. The summed E-state index contributed by atoms with van der Waals surface area (Å²) in [5, 5.41) is 0. The van der Waals surface area contributed by atoms with Gasteiger partial charge in [-0.25, -0.2) is 4.79 Å². The average molecular weight is 212 g/mol. The van der Waals surface area contributed by atoms with E-state index in [1.807, 2.05) is 0 Å². The normalized spacial score (nSPS) is 10.4. The number of hydrogen-bond acceptors (Lipinski definition) is 2. The third-order valence-corrected chi connectivity index (χ3v) is 2.28. The molecular weight excluding hydrogens is 188 g/mol. The second-order valence-electron chi connectivity index (χ2n) is 4.38. The van der Waals surface area contributed by atoms with Gasteiger partial charge in [0.2, 0.25) is 0 Å². The van der Waals surface area contributed by atoms with Crippen LogP contribution in [0.4, 0.5) is 0 Å². The molecule has 0 fully saturated rings. The SMILES string of the molecule is C=C(CCCC)C(=O)OCCCC(C)C. The number of esters is 1. The summed E-state index contributed by atoms with van der Waals surface area (Å²) in [4.78, 5) is 11.4. The van der Waals surface area contributed by atoms with Gasteiger partial charge in [-0.2, -0.15) is 0 Å². The summed E-state index contributed by atoms with van der Waals surface area (Å²) in [6.07, 6.45) is 4.91. The molecule has 0 radical (unpaired) electrons. The summed E-state index contributed by atoms with van der Waals surface area (Å²) in [6, 6.07) is 0. The van der Waals surface area contributed by atoms with Gasteiger partial charge < -0.3 is 4.74 Å². The van der Waals surface area contributed by atoms with Crippen LogP contribution < -0.4 is 0 Å². The van der Waals surface area contributed by atoms with Crippen LogP contribution in [0.5, 0.6) is 0 Å². The predicted octanol–water partition coefficient (Wildman–Crippen LogP) is 3.71. The molecule has 2 nitrogen and oxygen atoms in total. The van der Waals surface area contributed by atoms with Gasteiger partial charge in [-0.1, -0.05) is 33.8 Å². The van der Waals surface area contributed by atoms with Crippen LogP contribution in [0.2, 0.25) is 0 Å². The van der Waals surface area contributed by atoms with Crippen LogP contribution in [-0.2, 0) is 9.53 Å². The number of carbonyl (C=O) groups is 1. The Morgan fingerprint density at radius 1 is 1.33 bits per heavy atom. The van der Waals surface area contributed by atoms with E-state index < -0.39 is 0 Å². The largest absolute Gasteiger partial charge is 0.462 e. The number of rotatable bonds is 8. The van der Waals surface area contributed by atoms with Crippen molar-refractivity contribution in [3.8, 4) is 0 Å². The minimum atomic E-state index is -0.216. The first kappa shape index (κ1) is 14.2. The molecule has 0 aromatic rings. The summed E-state index contributed by atoms with van der Waals surface area (Å²) >= 11 is 0. The highest BCUT2D eigenvalue weighted by atomic mass is 16.5. The van der Waals surface area contributed by atoms with Gasteiger partial charge in [-0.05, 0) is 31.6 Å². The van der Waals surface area contributed by atoms with Crippen molar-refractivity contribution in [3.63, 3.8) is 0 Å². The van der Waals surface area contributed by atoms with Gasteiger partial charge in [0.25, 0.3) is 0 Å². The monoisotopic (exact) mass is 212 g/mol. The lowest BCUT2D eigenvalue weighted by Gasteiger charge is -2.07. The lowest BCUT2D eigenvalue weighted by molar-refractivity contribution is -0.139. The number of ether oxygens (including phenoxy) is 1. The van der Waals surface area contributed by atoms with E-state index in [1.165, 1.54) is 0 Å². The fourth-order valence-electron chi connectivity index (χ4n) is 1.25. The number of unbranched alkanes of at least 4 members (excludes halogenated alkanes) is 1. The highest BCUT2D eigenvalue weighted by Crippen LogP contribution is 2.08. The Hall–Kier alpha value is -0.790. The maximum absolute atomic E-state index is 11.4. The minimum Gasteiger partial charge on any atom is -0.462 e. The Balaban J connectivity index is 3.51. The highest BCUT2D eigenvalue weighted by molar-refractivity contribution is 5.87. The molecule has 0 amide bonds. The van der Waals surface area contributed by atoms with Gasteiger partial charge in [-0.15, -0.1) is 0 Å².